The van der Waals surface area contributed by atoms with Crippen molar-refractivity contribution in [1.29, 1.82) is 0 Å². The minimum atomic E-state index is -0.961. The maximum Gasteiger partial charge on any atom is 0.329 e. The number of hydrogen-bond donors (Lipinski definition) is 1. The first-order chi connectivity index (χ1) is 12.5. The predicted molar refractivity (Wildman–Crippen MR) is 99.4 cm³/mol. The van der Waals surface area contributed by atoms with E-state index >= 15 is 0 Å². The number of ether oxygens (including phenoxy) is 1. The van der Waals surface area contributed by atoms with E-state index in [1.807, 2.05) is 30.8 Å². The summed E-state index contributed by atoms with van der Waals surface area (Å²) in [6.07, 6.45) is 5.19. The Balaban J connectivity index is 2.11. The Labute approximate surface area is 152 Å². The molecule has 3 heterocycles. The Morgan fingerprint density at radius 3 is 2.77 bits per heavy atom. The summed E-state index contributed by atoms with van der Waals surface area (Å²) in [5, 5.41) is 13.5. The fourth-order valence-corrected chi connectivity index (χ4v) is 3.25. The molecular weight excluding hydrogens is 330 g/mol. The van der Waals surface area contributed by atoms with Crippen LogP contribution in [0.3, 0.4) is 0 Å². The van der Waals surface area contributed by atoms with Gasteiger partial charge in [-0.25, -0.2) is 9.31 Å². The number of carboxylic acid groups (broad SMARTS) is 1. The number of aromatic nitrogens is 3. The van der Waals surface area contributed by atoms with Gasteiger partial charge in [0.15, 0.2) is 0 Å². The molecule has 3 aromatic heterocycles. The molecule has 0 aliphatic carbocycles. The van der Waals surface area contributed by atoms with Gasteiger partial charge in [0.1, 0.15) is 6.61 Å². The standard InChI is InChI=1S/C20H23N3O3/c1-4-16-5-6-18-20(15-9-13(2)10-21-11-15)17(14(3)22-23(16)18)7-8-26-12-19(24)25/h5-6,9-11H,4,7-8,12H2,1-3H3,(H,24,25). The molecule has 0 unspecified atom stereocenters. The number of hydrogen-bond acceptors (Lipinski definition) is 4. The van der Waals surface area contributed by atoms with Crippen molar-refractivity contribution in [1.82, 2.24) is 14.6 Å². The van der Waals surface area contributed by atoms with Crippen LogP contribution in [-0.4, -0.2) is 38.9 Å². The number of carboxylic acids is 1. The molecule has 0 saturated carbocycles. The number of fused-ring (bicyclic) bond motifs is 1. The van der Waals surface area contributed by atoms with Crippen LogP contribution in [0, 0.1) is 13.8 Å². The molecule has 0 aromatic carbocycles. The molecule has 0 aliphatic heterocycles. The molecule has 26 heavy (non-hydrogen) atoms. The quantitative estimate of drug-likeness (QED) is 0.660. The third-order valence-corrected chi connectivity index (χ3v) is 4.43. The van der Waals surface area contributed by atoms with Crippen molar-refractivity contribution in [3.05, 3.63) is 53.1 Å². The minimum absolute atomic E-state index is 0.291. The maximum absolute atomic E-state index is 10.7. The van der Waals surface area contributed by atoms with E-state index in [9.17, 15) is 4.79 Å². The lowest BCUT2D eigenvalue weighted by atomic mass is 9.97. The molecule has 0 radical (unpaired) electrons. The zero-order valence-corrected chi connectivity index (χ0v) is 15.3. The first-order valence-electron chi connectivity index (χ1n) is 8.73. The molecule has 3 rings (SSSR count). The van der Waals surface area contributed by atoms with Gasteiger partial charge in [0.25, 0.3) is 0 Å². The highest BCUT2D eigenvalue weighted by Gasteiger charge is 2.17. The van der Waals surface area contributed by atoms with E-state index in [1.54, 1.807) is 0 Å². The van der Waals surface area contributed by atoms with Crippen LogP contribution in [0.2, 0.25) is 0 Å². The van der Waals surface area contributed by atoms with Crippen LogP contribution >= 0.6 is 0 Å². The molecule has 3 aromatic rings. The number of aliphatic carboxylic acids is 1. The van der Waals surface area contributed by atoms with Gasteiger partial charge < -0.3 is 9.84 Å². The maximum atomic E-state index is 10.7. The average Bonchev–Trinajstić information content (AvgIpc) is 3.00. The summed E-state index contributed by atoms with van der Waals surface area (Å²) in [5.74, 6) is -0.961. The Kier molecular flexibility index (Phi) is 5.32. The molecule has 6 heteroatoms. The normalized spacial score (nSPS) is 11.2. The Bertz CT molecular complexity index is 947. The van der Waals surface area contributed by atoms with Crippen molar-refractivity contribution in [2.75, 3.05) is 13.2 Å². The smallest absolute Gasteiger partial charge is 0.329 e. The summed E-state index contributed by atoms with van der Waals surface area (Å²) in [6.45, 7) is 6.16. The number of pyridine rings is 1. The molecule has 136 valence electrons. The second kappa shape index (κ2) is 7.66. The molecular formula is C20H23N3O3. The molecule has 1 N–H and O–H groups in total. The fourth-order valence-electron chi connectivity index (χ4n) is 3.25. The second-order valence-electron chi connectivity index (χ2n) is 6.36. The fraction of sp³-hybridized carbons (Fsp3) is 0.350. The van der Waals surface area contributed by atoms with Crippen LogP contribution in [-0.2, 0) is 22.4 Å². The van der Waals surface area contributed by atoms with Gasteiger partial charge in [0.2, 0.25) is 0 Å². The summed E-state index contributed by atoms with van der Waals surface area (Å²) in [5.41, 5.74) is 7.38. The van der Waals surface area contributed by atoms with E-state index in [1.165, 1.54) is 0 Å². The third-order valence-electron chi connectivity index (χ3n) is 4.43. The third kappa shape index (κ3) is 3.60. The van der Waals surface area contributed by atoms with Crippen molar-refractivity contribution in [2.24, 2.45) is 0 Å². The van der Waals surface area contributed by atoms with E-state index < -0.39 is 5.97 Å². The van der Waals surface area contributed by atoms with Gasteiger partial charge in [0, 0.05) is 29.2 Å². The van der Waals surface area contributed by atoms with E-state index in [2.05, 4.69) is 30.1 Å². The zero-order chi connectivity index (χ0) is 18.7. The first-order valence-corrected chi connectivity index (χ1v) is 8.73. The van der Waals surface area contributed by atoms with Crippen LogP contribution < -0.4 is 0 Å². The topological polar surface area (TPSA) is 76.7 Å². The van der Waals surface area contributed by atoms with E-state index in [0.29, 0.717) is 13.0 Å². The summed E-state index contributed by atoms with van der Waals surface area (Å²) in [6, 6.07) is 6.30. The number of carbonyl (C=O) groups is 1. The zero-order valence-electron chi connectivity index (χ0n) is 15.3. The van der Waals surface area contributed by atoms with E-state index in [-0.39, 0.29) is 6.61 Å². The van der Waals surface area contributed by atoms with Crippen molar-refractivity contribution in [3.8, 4) is 11.1 Å². The Hall–Kier alpha value is -2.73. The first kappa shape index (κ1) is 18.1. The summed E-state index contributed by atoms with van der Waals surface area (Å²) < 4.78 is 7.25. The van der Waals surface area contributed by atoms with E-state index in [0.717, 1.165) is 45.6 Å². The second-order valence-corrected chi connectivity index (χ2v) is 6.36. The summed E-state index contributed by atoms with van der Waals surface area (Å²) in [4.78, 5) is 15.0. The van der Waals surface area contributed by atoms with Gasteiger partial charge in [-0.05, 0) is 56.0 Å². The molecule has 0 atom stereocenters. The molecule has 0 bridgehead atoms. The average molecular weight is 353 g/mol. The Morgan fingerprint density at radius 1 is 1.27 bits per heavy atom. The SMILES string of the molecule is CCc1ccc2c(-c3cncc(C)c3)c(CCOCC(=O)O)c(C)nn12. The number of nitrogens with zero attached hydrogens (tertiary/aromatic N) is 3. The van der Waals surface area contributed by atoms with Gasteiger partial charge in [-0.15, -0.1) is 0 Å². The lowest BCUT2D eigenvalue weighted by Gasteiger charge is -2.16. The predicted octanol–water partition coefficient (Wildman–Crippen LogP) is 3.22. The van der Waals surface area contributed by atoms with Gasteiger partial charge in [0.05, 0.1) is 17.8 Å². The van der Waals surface area contributed by atoms with Gasteiger partial charge in [-0.1, -0.05) is 6.92 Å². The summed E-state index contributed by atoms with van der Waals surface area (Å²) in [7, 11) is 0. The molecule has 0 amide bonds. The van der Waals surface area contributed by atoms with Gasteiger partial charge >= 0.3 is 5.97 Å². The highest BCUT2D eigenvalue weighted by Crippen LogP contribution is 2.31. The van der Waals surface area contributed by atoms with Crippen molar-refractivity contribution < 1.29 is 14.6 Å². The lowest BCUT2D eigenvalue weighted by molar-refractivity contribution is -0.142. The number of aryl methyl sites for hydroxylation is 3. The molecule has 0 spiro atoms. The summed E-state index contributed by atoms with van der Waals surface area (Å²) >= 11 is 0. The van der Waals surface area contributed by atoms with Crippen molar-refractivity contribution >= 4 is 11.5 Å². The highest BCUT2D eigenvalue weighted by atomic mass is 16.5. The largest absolute Gasteiger partial charge is 0.480 e. The number of rotatable bonds is 7. The highest BCUT2D eigenvalue weighted by molar-refractivity contribution is 5.83. The van der Waals surface area contributed by atoms with Crippen LogP contribution in [0.4, 0.5) is 0 Å². The van der Waals surface area contributed by atoms with Crippen molar-refractivity contribution in [3.63, 3.8) is 0 Å². The van der Waals surface area contributed by atoms with Crippen molar-refractivity contribution in [2.45, 2.75) is 33.6 Å². The van der Waals surface area contributed by atoms with Crippen LogP contribution in [0.1, 0.15) is 29.4 Å². The lowest BCUT2D eigenvalue weighted by Crippen LogP contribution is -2.12. The monoisotopic (exact) mass is 353 g/mol. The molecule has 0 saturated heterocycles. The minimum Gasteiger partial charge on any atom is -0.480 e. The molecule has 0 fully saturated rings. The van der Waals surface area contributed by atoms with Gasteiger partial charge in [-0.3, -0.25) is 4.98 Å². The molecule has 0 aliphatic rings. The molecule has 6 nitrogen and oxygen atoms in total. The van der Waals surface area contributed by atoms with Crippen LogP contribution in [0.25, 0.3) is 16.6 Å². The van der Waals surface area contributed by atoms with Crippen LogP contribution in [0.5, 0.6) is 0 Å². The van der Waals surface area contributed by atoms with Gasteiger partial charge in [-0.2, -0.15) is 5.10 Å². The Morgan fingerprint density at radius 2 is 2.08 bits per heavy atom. The van der Waals surface area contributed by atoms with E-state index in [4.69, 9.17) is 14.9 Å². The van der Waals surface area contributed by atoms with Crippen LogP contribution in [0.15, 0.2) is 30.6 Å².